The Hall–Kier alpha value is -2.13. The molecule has 0 saturated heterocycles. The highest BCUT2D eigenvalue weighted by molar-refractivity contribution is 7.20. The summed E-state index contributed by atoms with van der Waals surface area (Å²) in [5, 5.41) is 1.20. The predicted molar refractivity (Wildman–Crippen MR) is 95.0 cm³/mol. The van der Waals surface area contributed by atoms with Crippen molar-refractivity contribution in [2.45, 2.75) is 20.8 Å². The first-order chi connectivity index (χ1) is 10.4. The number of hydrogen-bond acceptors (Lipinski definition) is 2. The van der Waals surface area contributed by atoms with Gasteiger partial charge in [-0.05, 0) is 78.2 Å². The zero-order chi connectivity index (χ0) is 16.0. The molecule has 0 saturated carbocycles. The second-order valence-corrected chi connectivity index (χ2v) is 6.76. The van der Waals surface area contributed by atoms with Crippen LogP contribution in [0.2, 0.25) is 0 Å². The van der Waals surface area contributed by atoms with Crippen LogP contribution >= 0.6 is 11.3 Å². The Labute approximate surface area is 133 Å². The average Bonchev–Trinajstić information content (AvgIpc) is 2.74. The Balaban J connectivity index is 2.20. The molecule has 1 nitrogen and oxygen atoms in total. The summed E-state index contributed by atoms with van der Waals surface area (Å²) in [5.41, 5.74) is 11.7. The van der Waals surface area contributed by atoms with Crippen LogP contribution in [0.25, 0.3) is 15.7 Å². The molecule has 0 fully saturated rings. The quantitative estimate of drug-likeness (QED) is 0.612. The van der Waals surface area contributed by atoms with Gasteiger partial charge in [0.25, 0.3) is 0 Å². The minimum atomic E-state index is -0.201. The standard InChI is InChI=1S/C19H18FNS/c1-10-7-14(20)8-11(2)18(10)13(4)19-12(3)16-6-5-15(21)9-17(16)22-19/h5-9H,4,21H2,1-3H3. The van der Waals surface area contributed by atoms with Crippen LogP contribution in [-0.2, 0) is 0 Å². The van der Waals surface area contributed by atoms with E-state index >= 15 is 0 Å². The van der Waals surface area contributed by atoms with E-state index < -0.39 is 0 Å². The van der Waals surface area contributed by atoms with Gasteiger partial charge in [0.2, 0.25) is 0 Å². The fraction of sp³-hybridized carbons (Fsp3) is 0.158. The summed E-state index contributed by atoms with van der Waals surface area (Å²) in [6.45, 7) is 10.2. The van der Waals surface area contributed by atoms with E-state index in [1.165, 1.54) is 10.9 Å². The molecule has 112 valence electrons. The number of anilines is 1. The summed E-state index contributed by atoms with van der Waals surface area (Å²) < 4.78 is 14.7. The maximum absolute atomic E-state index is 13.5. The van der Waals surface area contributed by atoms with Crippen LogP contribution in [0.5, 0.6) is 0 Å². The molecule has 2 N–H and O–H groups in total. The predicted octanol–water partition coefficient (Wildman–Crippen LogP) is 5.61. The summed E-state index contributed by atoms with van der Waals surface area (Å²) in [5.74, 6) is -0.201. The first kappa shape index (κ1) is 14.8. The van der Waals surface area contributed by atoms with Gasteiger partial charge in [-0.1, -0.05) is 12.6 Å². The van der Waals surface area contributed by atoms with Gasteiger partial charge in [-0.2, -0.15) is 0 Å². The van der Waals surface area contributed by atoms with E-state index in [2.05, 4.69) is 19.6 Å². The zero-order valence-electron chi connectivity index (χ0n) is 13.0. The largest absolute Gasteiger partial charge is 0.399 e. The number of nitrogen functional groups attached to an aromatic ring is 1. The molecule has 0 radical (unpaired) electrons. The van der Waals surface area contributed by atoms with Crippen molar-refractivity contribution in [2.75, 3.05) is 5.73 Å². The smallest absolute Gasteiger partial charge is 0.123 e. The van der Waals surface area contributed by atoms with Crippen LogP contribution in [0.4, 0.5) is 10.1 Å². The maximum atomic E-state index is 13.5. The summed E-state index contributed by atoms with van der Waals surface area (Å²) >= 11 is 1.69. The molecular weight excluding hydrogens is 293 g/mol. The van der Waals surface area contributed by atoms with E-state index in [0.29, 0.717) is 0 Å². The van der Waals surface area contributed by atoms with Gasteiger partial charge in [0.05, 0.1) is 0 Å². The summed E-state index contributed by atoms with van der Waals surface area (Å²) in [4.78, 5) is 1.14. The Kier molecular flexibility index (Phi) is 3.53. The van der Waals surface area contributed by atoms with Crippen molar-refractivity contribution in [3.63, 3.8) is 0 Å². The molecule has 3 rings (SSSR count). The van der Waals surface area contributed by atoms with Gasteiger partial charge in [0.15, 0.2) is 0 Å². The normalized spacial score (nSPS) is 11.1. The van der Waals surface area contributed by atoms with Gasteiger partial charge in [-0.3, -0.25) is 0 Å². The number of fused-ring (bicyclic) bond motifs is 1. The van der Waals surface area contributed by atoms with Gasteiger partial charge in [0.1, 0.15) is 5.82 Å². The van der Waals surface area contributed by atoms with Gasteiger partial charge < -0.3 is 5.73 Å². The van der Waals surface area contributed by atoms with Crippen molar-refractivity contribution >= 4 is 32.7 Å². The number of hydrogen-bond donors (Lipinski definition) is 1. The Bertz CT molecular complexity index is 882. The first-order valence-corrected chi connectivity index (χ1v) is 7.95. The topological polar surface area (TPSA) is 26.0 Å². The first-order valence-electron chi connectivity index (χ1n) is 7.13. The lowest BCUT2D eigenvalue weighted by Gasteiger charge is -2.13. The van der Waals surface area contributed by atoms with Crippen LogP contribution in [0.15, 0.2) is 36.9 Å². The molecule has 3 aromatic rings. The number of halogens is 1. The summed E-state index contributed by atoms with van der Waals surface area (Å²) in [6, 6.07) is 9.09. The van der Waals surface area contributed by atoms with E-state index in [0.717, 1.165) is 37.5 Å². The lowest BCUT2D eigenvalue weighted by Crippen LogP contribution is -1.95. The van der Waals surface area contributed by atoms with E-state index in [-0.39, 0.29) is 5.82 Å². The SMILES string of the molecule is C=C(c1sc2cc(N)ccc2c1C)c1c(C)cc(F)cc1C. The minimum Gasteiger partial charge on any atom is -0.399 e. The maximum Gasteiger partial charge on any atom is 0.123 e. The molecule has 0 unspecified atom stereocenters. The van der Waals surface area contributed by atoms with Gasteiger partial charge in [0, 0.05) is 15.3 Å². The number of nitrogens with two attached hydrogens (primary N) is 1. The summed E-state index contributed by atoms with van der Waals surface area (Å²) in [6.07, 6.45) is 0. The lowest BCUT2D eigenvalue weighted by atomic mass is 9.94. The molecule has 0 atom stereocenters. The van der Waals surface area contributed by atoms with Crippen molar-refractivity contribution in [1.29, 1.82) is 0 Å². The van der Waals surface area contributed by atoms with E-state index in [1.807, 2.05) is 26.0 Å². The minimum absolute atomic E-state index is 0.201. The molecule has 0 amide bonds. The monoisotopic (exact) mass is 311 g/mol. The van der Waals surface area contributed by atoms with Gasteiger partial charge >= 0.3 is 0 Å². The van der Waals surface area contributed by atoms with Crippen LogP contribution in [0.1, 0.15) is 27.1 Å². The molecule has 2 aromatic carbocycles. The molecule has 1 aromatic heterocycles. The highest BCUT2D eigenvalue weighted by Crippen LogP contribution is 2.39. The third kappa shape index (κ3) is 2.32. The van der Waals surface area contributed by atoms with Crippen LogP contribution in [0.3, 0.4) is 0 Å². The number of benzene rings is 2. The Morgan fingerprint density at radius 1 is 1.09 bits per heavy atom. The van der Waals surface area contributed by atoms with Crippen LogP contribution < -0.4 is 5.73 Å². The van der Waals surface area contributed by atoms with Crippen molar-refractivity contribution < 1.29 is 4.39 Å². The Morgan fingerprint density at radius 2 is 1.73 bits per heavy atom. The zero-order valence-corrected chi connectivity index (χ0v) is 13.8. The second kappa shape index (κ2) is 5.25. The third-order valence-electron chi connectivity index (χ3n) is 4.04. The van der Waals surface area contributed by atoms with Crippen molar-refractivity contribution in [1.82, 2.24) is 0 Å². The molecular formula is C19H18FNS. The van der Waals surface area contributed by atoms with Crippen molar-refractivity contribution in [3.05, 3.63) is 69.9 Å². The van der Waals surface area contributed by atoms with Gasteiger partial charge in [-0.15, -0.1) is 11.3 Å². The van der Waals surface area contributed by atoms with E-state index in [4.69, 9.17) is 5.73 Å². The highest BCUT2D eigenvalue weighted by Gasteiger charge is 2.16. The molecule has 22 heavy (non-hydrogen) atoms. The van der Waals surface area contributed by atoms with E-state index in [9.17, 15) is 4.39 Å². The van der Waals surface area contributed by atoms with Crippen molar-refractivity contribution in [3.8, 4) is 0 Å². The number of rotatable bonds is 2. The van der Waals surface area contributed by atoms with Gasteiger partial charge in [-0.25, -0.2) is 4.39 Å². The van der Waals surface area contributed by atoms with Crippen LogP contribution in [-0.4, -0.2) is 0 Å². The molecule has 3 heteroatoms. The number of aryl methyl sites for hydroxylation is 3. The molecule has 0 spiro atoms. The number of thiophene rings is 1. The molecule has 0 aliphatic rings. The van der Waals surface area contributed by atoms with E-state index in [1.54, 1.807) is 23.5 Å². The lowest BCUT2D eigenvalue weighted by molar-refractivity contribution is 0.625. The highest BCUT2D eigenvalue weighted by atomic mass is 32.1. The second-order valence-electron chi connectivity index (χ2n) is 5.70. The fourth-order valence-electron chi connectivity index (χ4n) is 3.03. The molecule has 0 bridgehead atoms. The van der Waals surface area contributed by atoms with Crippen molar-refractivity contribution in [2.24, 2.45) is 0 Å². The molecule has 0 aliphatic heterocycles. The fourth-order valence-corrected chi connectivity index (χ4v) is 4.26. The third-order valence-corrected chi connectivity index (χ3v) is 5.35. The molecule has 1 heterocycles. The Morgan fingerprint density at radius 3 is 2.36 bits per heavy atom. The molecule has 0 aliphatic carbocycles. The average molecular weight is 311 g/mol. The summed E-state index contributed by atoms with van der Waals surface area (Å²) in [7, 11) is 0. The van der Waals surface area contributed by atoms with Crippen LogP contribution in [0, 0.1) is 26.6 Å².